The lowest BCUT2D eigenvalue weighted by Crippen LogP contribution is -2.66. The number of esters is 3. The summed E-state index contributed by atoms with van der Waals surface area (Å²) >= 11 is 0. The predicted molar refractivity (Wildman–Crippen MR) is 241 cm³/mol. The molecule has 4 heterocycles. The van der Waals surface area contributed by atoms with Gasteiger partial charge in [-0.2, -0.15) is 0 Å². The van der Waals surface area contributed by atoms with E-state index in [-0.39, 0.29) is 37.3 Å². The van der Waals surface area contributed by atoms with Crippen LogP contribution in [0.5, 0.6) is 0 Å². The molecule has 66 heavy (non-hydrogen) atoms. The van der Waals surface area contributed by atoms with E-state index in [1.54, 1.807) is 53.6 Å². The molecule has 0 amide bonds. The van der Waals surface area contributed by atoms with Crippen molar-refractivity contribution in [3.8, 4) is 0 Å². The van der Waals surface area contributed by atoms with Crippen LogP contribution in [0.3, 0.4) is 0 Å². The highest BCUT2D eigenvalue weighted by Gasteiger charge is 2.53. The Kier molecular flexibility index (Phi) is 21.7. The van der Waals surface area contributed by atoms with Gasteiger partial charge < -0.3 is 72.2 Å². The van der Waals surface area contributed by atoms with Crippen molar-refractivity contribution in [1.29, 1.82) is 0 Å². The molecular formula is C48H80N2O16. The van der Waals surface area contributed by atoms with Crippen molar-refractivity contribution >= 4 is 24.2 Å². The maximum absolute atomic E-state index is 13.5. The summed E-state index contributed by atoms with van der Waals surface area (Å²) in [5.41, 5.74) is -1.50. The van der Waals surface area contributed by atoms with Crippen molar-refractivity contribution in [3.05, 3.63) is 24.3 Å². The molecule has 19 atom stereocenters. The maximum Gasteiger partial charge on any atom is 0.309 e. The monoisotopic (exact) mass is 941 g/mol. The van der Waals surface area contributed by atoms with Crippen molar-refractivity contribution in [2.45, 2.75) is 210 Å². The van der Waals surface area contributed by atoms with Crippen molar-refractivity contribution in [2.24, 2.45) is 11.8 Å². The van der Waals surface area contributed by atoms with E-state index in [0.29, 0.717) is 19.3 Å². The topological polar surface area (TPSA) is 208 Å². The number of hydrogen-bond donors (Lipinski definition) is 2. The summed E-state index contributed by atoms with van der Waals surface area (Å²) in [6.07, 6.45) is -1.78. The number of aldehydes is 1. The molecule has 378 valence electrons. The lowest BCUT2D eigenvalue weighted by atomic mass is 9.82. The van der Waals surface area contributed by atoms with Gasteiger partial charge in [0.1, 0.15) is 42.4 Å². The zero-order valence-corrected chi connectivity index (χ0v) is 41.4. The fraction of sp³-hybridized carbons (Fsp3) is 0.833. The molecule has 3 fully saturated rings. The molecule has 18 heteroatoms. The van der Waals surface area contributed by atoms with E-state index >= 15 is 0 Å². The second-order valence-electron chi connectivity index (χ2n) is 19.2. The van der Waals surface area contributed by atoms with Gasteiger partial charge >= 0.3 is 17.9 Å². The molecule has 4 rings (SSSR count). The molecule has 0 saturated carbocycles. The number of nitrogens with zero attached hydrogens (tertiary/aromatic N) is 2. The number of carbonyl (C=O) groups is 4. The number of ether oxygens (including phenoxy) is 10. The fourth-order valence-corrected chi connectivity index (χ4v) is 9.84. The average Bonchev–Trinajstić information content (AvgIpc) is 3.21. The Hall–Kier alpha value is -2.88. The van der Waals surface area contributed by atoms with Gasteiger partial charge in [0.25, 0.3) is 0 Å². The van der Waals surface area contributed by atoms with Crippen molar-refractivity contribution in [1.82, 2.24) is 9.80 Å². The number of hydrogen-bond acceptors (Lipinski definition) is 18. The number of methoxy groups -OCH3 is 1. The summed E-state index contributed by atoms with van der Waals surface area (Å²) in [5, 5.41) is 23.7. The van der Waals surface area contributed by atoms with Gasteiger partial charge in [0.15, 0.2) is 25.0 Å². The molecular weight excluding hydrogens is 861 g/mol. The molecule has 0 aromatic carbocycles. The number of aliphatic hydroxyl groups excluding tert-OH is 1. The minimum Gasteiger partial charge on any atom is -0.462 e. The van der Waals surface area contributed by atoms with Gasteiger partial charge in [-0.25, -0.2) is 0 Å². The number of allylic oxidation sites excluding steroid dienone is 2. The Morgan fingerprint density at radius 1 is 0.894 bits per heavy atom. The van der Waals surface area contributed by atoms with Gasteiger partial charge in [0.05, 0.1) is 43.0 Å². The highest BCUT2D eigenvalue weighted by atomic mass is 16.7. The number of cyclic esters (lactones) is 1. The van der Waals surface area contributed by atoms with Crippen LogP contribution in [0.25, 0.3) is 0 Å². The van der Waals surface area contributed by atoms with Crippen molar-refractivity contribution in [2.75, 3.05) is 35.3 Å². The molecule has 0 bridgehead atoms. The quantitative estimate of drug-likeness (QED) is 0.144. The van der Waals surface area contributed by atoms with Crippen LogP contribution >= 0.6 is 0 Å². The summed E-state index contributed by atoms with van der Waals surface area (Å²) in [4.78, 5) is 55.0. The lowest BCUT2D eigenvalue weighted by molar-refractivity contribution is -0.344. The van der Waals surface area contributed by atoms with E-state index in [0.717, 1.165) is 12.7 Å². The highest BCUT2D eigenvalue weighted by Crippen LogP contribution is 2.38. The van der Waals surface area contributed by atoms with E-state index in [4.69, 9.17) is 47.4 Å². The number of aliphatic hydroxyl groups is 2. The van der Waals surface area contributed by atoms with E-state index < -0.39 is 122 Å². The molecule has 0 aromatic rings. The third kappa shape index (κ3) is 15.3. The fourth-order valence-electron chi connectivity index (χ4n) is 9.84. The Morgan fingerprint density at radius 3 is 2.18 bits per heavy atom. The maximum atomic E-state index is 13.5. The summed E-state index contributed by atoms with van der Waals surface area (Å²) in [6, 6.07) is -0.545. The van der Waals surface area contributed by atoms with Gasteiger partial charge in [0, 0.05) is 45.8 Å². The number of rotatable bonds is 14. The zero-order valence-electron chi connectivity index (χ0n) is 41.4. The van der Waals surface area contributed by atoms with Crippen LogP contribution in [0, 0.1) is 11.8 Å². The Labute approximate surface area is 391 Å². The molecule has 4 aliphatic heterocycles. The first-order chi connectivity index (χ1) is 31.1. The van der Waals surface area contributed by atoms with Crippen LogP contribution in [-0.4, -0.2) is 183 Å². The number of likely N-dealkylation sites (N-methyl/N-ethyl adjacent to an activating group) is 2. The summed E-state index contributed by atoms with van der Waals surface area (Å²) in [7, 11) is 9.00. The van der Waals surface area contributed by atoms with Crippen molar-refractivity contribution in [3.63, 3.8) is 0 Å². The third-order valence-electron chi connectivity index (χ3n) is 13.2. The summed E-state index contributed by atoms with van der Waals surface area (Å²) in [5.74, 6) is -2.72. The minimum absolute atomic E-state index is 0.0427. The molecule has 0 aromatic heterocycles. The van der Waals surface area contributed by atoms with Gasteiger partial charge in [-0.1, -0.05) is 38.2 Å². The minimum atomic E-state index is -1.50. The largest absolute Gasteiger partial charge is 0.462 e. The summed E-state index contributed by atoms with van der Waals surface area (Å²) in [6.45, 7) is 13.7. The smallest absolute Gasteiger partial charge is 0.309 e. The normalized spacial score (nSPS) is 41.0. The van der Waals surface area contributed by atoms with Crippen LogP contribution < -0.4 is 0 Å². The molecule has 4 aliphatic rings. The molecule has 0 radical (unpaired) electrons. The molecule has 2 N–H and O–H groups in total. The Morgan fingerprint density at radius 2 is 1.59 bits per heavy atom. The van der Waals surface area contributed by atoms with Crippen LogP contribution in [-0.2, 0) is 66.5 Å². The van der Waals surface area contributed by atoms with Gasteiger partial charge in [0.2, 0.25) is 0 Å². The van der Waals surface area contributed by atoms with Crippen LogP contribution in [0.15, 0.2) is 24.3 Å². The molecule has 0 spiro atoms. The van der Waals surface area contributed by atoms with Crippen LogP contribution in [0.1, 0.15) is 107 Å². The second-order valence-corrected chi connectivity index (χ2v) is 19.2. The Balaban J connectivity index is 1.71. The Bertz CT molecular complexity index is 1610. The summed E-state index contributed by atoms with van der Waals surface area (Å²) < 4.78 is 62.3. The molecule has 0 aliphatic carbocycles. The van der Waals surface area contributed by atoms with Crippen molar-refractivity contribution < 1.29 is 76.8 Å². The predicted octanol–water partition coefficient (Wildman–Crippen LogP) is 3.86. The van der Waals surface area contributed by atoms with Gasteiger partial charge in [-0.3, -0.25) is 14.4 Å². The van der Waals surface area contributed by atoms with E-state index in [2.05, 4.69) is 4.90 Å². The molecule has 19 unspecified atom stereocenters. The highest BCUT2D eigenvalue weighted by molar-refractivity contribution is 5.72. The lowest BCUT2D eigenvalue weighted by Gasteiger charge is -2.50. The molecule has 18 nitrogen and oxygen atoms in total. The SMILES string of the molecule is CCC(=O)OC1C(C)OC(OC2C(C)OC(OC3C(CC=O)CC(C)C(OC4CCC(N(C)C)C(C)O4)C=CC=CCC(C)OC(=O)CC(OC(C)=O)C3OC)C(O)C2N(C)C)CC1(C)O. The third-order valence-corrected chi connectivity index (χ3v) is 13.2. The first-order valence-electron chi connectivity index (χ1n) is 23.6. The second kappa shape index (κ2) is 25.6. The van der Waals surface area contributed by atoms with Crippen LogP contribution in [0.2, 0.25) is 0 Å². The standard InChI is InChI=1S/C48H80N2O16/c1-14-37(53)64-46-31(6)60-40(26-48(46,8)56)65-43-30(5)61-47(42(55)41(43)50(11)12)66-44-33(22-23-51)24-27(2)35(63-39-21-20-34(49(9)10)29(4)59-39)19-17-15-16-18-28(3)58-38(54)25-36(45(44)57-13)62-32(7)52/h15-17,19,23,27-31,33-36,39-47,55-56H,14,18,20-22,24-26H2,1-13H3. The van der Waals surface area contributed by atoms with E-state index in [1.807, 2.05) is 52.2 Å². The zero-order chi connectivity index (χ0) is 49.0. The average molecular weight is 941 g/mol. The van der Waals surface area contributed by atoms with Crippen LogP contribution in [0.4, 0.5) is 0 Å². The van der Waals surface area contributed by atoms with E-state index in [1.165, 1.54) is 14.0 Å². The number of carbonyl (C=O) groups excluding carboxylic acids is 4. The van der Waals surface area contributed by atoms with E-state index in [9.17, 15) is 29.4 Å². The van der Waals surface area contributed by atoms with Gasteiger partial charge in [-0.05, 0) is 93.9 Å². The molecule has 3 saturated heterocycles. The first-order valence-corrected chi connectivity index (χ1v) is 23.6. The first kappa shape index (κ1) is 55.7. The van der Waals surface area contributed by atoms with Gasteiger partial charge in [-0.15, -0.1) is 0 Å².